The van der Waals surface area contributed by atoms with Crippen LogP contribution in [-0.2, 0) is 19.1 Å². The van der Waals surface area contributed by atoms with Gasteiger partial charge in [-0.1, -0.05) is 95.3 Å². The summed E-state index contributed by atoms with van der Waals surface area (Å²) >= 11 is 0. The molecule has 2 saturated carbocycles. The molecule has 2 aromatic carbocycles. The van der Waals surface area contributed by atoms with Crippen LogP contribution in [0.1, 0.15) is 60.3 Å². The molecule has 2 aromatic rings. The number of Topliss-reactive ketones (excluding diaryl/α,β-unsaturated/α-hetero) is 1. The number of rotatable bonds is 8. The van der Waals surface area contributed by atoms with E-state index < -0.39 is 23.6 Å². The fourth-order valence-corrected chi connectivity index (χ4v) is 14.9. The van der Waals surface area contributed by atoms with Crippen molar-refractivity contribution < 1.29 is 17.6 Å². The summed E-state index contributed by atoms with van der Waals surface area (Å²) in [4.78, 5) is 13.0. The van der Waals surface area contributed by atoms with E-state index in [1.54, 1.807) is 0 Å². The largest absolute Gasteiger partial charge is 0.403 e. The maximum Gasteiger partial charge on any atom is 0.261 e. The van der Waals surface area contributed by atoms with E-state index in [2.05, 4.69) is 88.5 Å². The quantitative estimate of drug-likeness (QED) is 0.499. The molecule has 0 spiro atoms. The van der Waals surface area contributed by atoms with Crippen LogP contribution in [0.4, 0.5) is 0 Å². The van der Waals surface area contributed by atoms with Crippen molar-refractivity contribution >= 4 is 34.3 Å². The Labute approximate surface area is 229 Å². The number of fused-ring (bicyclic) bond motifs is 2. The molecule has 0 aromatic heterocycles. The molecule has 2 aliphatic carbocycles. The highest BCUT2D eigenvalue weighted by Crippen LogP contribution is 2.64. The average molecular weight is 554 g/mol. The normalized spacial score (nSPS) is 29.2. The van der Waals surface area contributed by atoms with Crippen LogP contribution in [0.3, 0.4) is 0 Å². The maximum atomic E-state index is 13.5. The summed E-state index contributed by atoms with van der Waals surface area (Å²) < 4.78 is 34.3. The fraction of sp³-hybridized carbons (Fsp3) is 0.581. The molecule has 2 unspecified atom stereocenters. The molecule has 38 heavy (non-hydrogen) atoms. The van der Waals surface area contributed by atoms with Crippen molar-refractivity contribution in [2.45, 2.75) is 77.5 Å². The number of hydrogen-bond donors (Lipinski definition) is 1. The average Bonchev–Trinajstić information content (AvgIpc) is 3.44. The number of benzene rings is 2. The van der Waals surface area contributed by atoms with Crippen LogP contribution in [0.15, 0.2) is 60.7 Å². The highest BCUT2D eigenvalue weighted by atomic mass is 32.2. The van der Waals surface area contributed by atoms with Gasteiger partial charge in [0.15, 0.2) is 9.84 Å². The zero-order valence-corrected chi connectivity index (χ0v) is 25.3. The summed E-state index contributed by atoms with van der Waals surface area (Å²) in [5.41, 5.74) is -0.949. The third kappa shape index (κ3) is 4.53. The standard InChI is InChI=1S/C31H43NO4SSi/c1-29(2,3)38(26-12-8-6-9-13-26,27-14-10-7-11-15-27)36-25-19-24(32-20-25)21-37(34,35)22-31-17-16-23(18-28(31)33)30(31,4)5/h6-15,23-25,32H,16-22H2,1-5H3/t23?,24-,25+,31?/m0/s1. The van der Waals surface area contributed by atoms with E-state index in [0.29, 0.717) is 31.7 Å². The lowest BCUT2D eigenvalue weighted by atomic mass is 9.70. The highest BCUT2D eigenvalue weighted by Gasteiger charge is 2.65. The van der Waals surface area contributed by atoms with Crippen molar-refractivity contribution in [3.8, 4) is 0 Å². The summed E-state index contributed by atoms with van der Waals surface area (Å²) in [6, 6.07) is 21.0. The van der Waals surface area contributed by atoms with E-state index in [1.807, 2.05) is 12.1 Å². The Balaban J connectivity index is 1.36. The minimum Gasteiger partial charge on any atom is -0.403 e. The molecule has 1 aliphatic heterocycles. The summed E-state index contributed by atoms with van der Waals surface area (Å²) in [6.45, 7) is 11.6. The van der Waals surface area contributed by atoms with Crippen molar-refractivity contribution in [2.24, 2.45) is 16.7 Å². The van der Waals surface area contributed by atoms with E-state index in [0.717, 1.165) is 6.42 Å². The lowest BCUT2D eigenvalue weighted by molar-refractivity contribution is -0.128. The summed E-state index contributed by atoms with van der Waals surface area (Å²) in [6.07, 6.45) is 2.78. The number of carbonyl (C=O) groups excluding carboxylic acids is 1. The van der Waals surface area contributed by atoms with Gasteiger partial charge in [-0.2, -0.15) is 0 Å². The van der Waals surface area contributed by atoms with Crippen LogP contribution < -0.4 is 15.7 Å². The van der Waals surface area contributed by atoms with Gasteiger partial charge in [0.25, 0.3) is 8.32 Å². The molecule has 3 aliphatic rings. The van der Waals surface area contributed by atoms with Gasteiger partial charge in [-0.25, -0.2) is 8.42 Å². The molecule has 1 saturated heterocycles. The van der Waals surface area contributed by atoms with Crippen LogP contribution in [0.2, 0.25) is 5.04 Å². The lowest BCUT2D eigenvalue weighted by Crippen LogP contribution is -2.67. The third-order valence-electron chi connectivity index (χ3n) is 10.0. The Morgan fingerprint density at radius 2 is 1.58 bits per heavy atom. The Kier molecular flexibility index (Phi) is 7.07. The molecule has 1 heterocycles. The maximum absolute atomic E-state index is 13.5. The van der Waals surface area contributed by atoms with Gasteiger partial charge in [0.1, 0.15) is 5.78 Å². The Morgan fingerprint density at radius 3 is 2.05 bits per heavy atom. The number of hydrogen-bond acceptors (Lipinski definition) is 5. The van der Waals surface area contributed by atoms with Crippen molar-refractivity contribution in [1.29, 1.82) is 0 Å². The Hall–Kier alpha value is -1.80. The van der Waals surface area contributed by atoms with Gasteiger partial charge in [-0.05, 0) is 46.0 Å². The van der Waals surface area contributed by atoms with Gasteiger partial charge in [0.05, 0.1) is 17.6 Å². The molecular weight excluding hydrogens is 510 g/mol. The zero-order valence-electron chi connectivity index (χ0n) is 23.5. The van der Waals surface area contributed by atoms with E-state index in [1.165, 1.54) is 10.4 Å². The molecule has 4 atom stereocenters. The van der Waals surface area contributed by atoms with Crippen molar-refractivity contribution in [3.05, 3.63) is 60.7 Å². The number of nitrogens with one attached hydrogen (secondary N) is 1. The molecule has 206 valence electrons. The first kappa shape index (κ1) is 27.8. The van der Waals surface area contributed by atoms with Crippen LogP contribution >= 0.6 is 0 Å². The minimum absolute atomic E-state index is 0.0131. The van der Waals surface area contributed by atoms with Crippen LogP contribution in [0.5, 0.6) is 0 Å². The number of sulfone groups is 1. The molecule has 5 nitrogen and oxygen atoms in total. The van der Waals surface area contributed by atoms with E-state index in [-0.39, 0.29) is 39.9 Å². The van der Waals surface area contributed by atoms with Crippen LogP contribution in [-0.4, -0.2) is 52.7 Å². The molecule has 2 bridgehead atoms. The molecule has 3 fully saturated rings. The number of ketones is 1. The van der Waals surface area contributed by atoms with E-state index >= 15 is 0 Å². The summed E-state index contributed by atoms with van der Waals surface area (Å²) in [5.74, 6) is 0.526. The molecular formula is C31H43NO4SSi. The first-order valence-electron chi connectivity index (χ1n) is 14.1. The predicted molar refractivity (Wildman–Crippen MR) is 156 cm³/mol. The van der Waals surface area contributed by atoms with Gasteiger partial charge < -0.3 is 9.74 Å². The molecule has 0 amide bonds. The van der Waals surface area contributed by atoms with Crippen molar-refractivity contribution in [1.82, 2.24) is 5.32 Å². The second-order valence-electron chi connectivity index (χ2n) is 13.5. The third-order valence-corrected chi connectivity index (χ3v) is 16.9. The smallest absolute Gasteiger partial charge is 0.261 e. The number of carbonyl (C=O) groups is 1. The van der Waals surface area contributed by atoms with Gasteiger partial charge in [-0.15, -0.1) is 0 Å². The topological polar surface area (TPSA) is 72.5 Å². The lowest BCUT2D eigenvalue weighted by Gasteiger charge is -2.44. The first-order valence-corrected chi connectivity index (χ1v) is 17.8. The van der Waals surface area contributed by atoms with Gasteiger partial charge in [0, 0.05) is 24.4 Å². The van der Waals surface area contributed by atoms with Gasteiger partial charge >= 0.3 is 0 Å². The zero-order chi connectivity index (χ0) is 27.4. The van der Waals surface area contributed by atoms with Crippen molar-refractivity contribution in [2.75, 3.05) is 18.1 Å². The monoisotopic (exact) mass is 553 g/mol. The molecule has 7 heteroatoms. The Morgan fingerprint density at radius 1 is 1.00 bits per heavy atom. The summed E-state index contributed by atoms with van der Waals surface area (Å²) in [5, 5.41) is 5.79. The second-order valence-corrected chi connectivity index (χ2v) is 19.8. The van der Waals surface area contributed by atoms with Crippen molar-refractivity contribution in [3.63, 3.8) is 0 Å². The van der Waals surface area contributed by atoms with E-state index in [9.17, 15) is 13.2 Å². The van der Waals surface area contributed by atoms with Crippen LogP contribution in [0.25, 0.3) is 0 Å². The van der Waals surface area contributed by atoms with Crippen LogP contribution in [0, 0.1) is 16.7 Å². The predicted octanol–water partition coefficient (Wildman–Crippen LogP) is 4.10. The van der Waals surface area contributed by atoms with E-state index in [4.69, 9.17) is 4.43 Å². The highest BCUT2D eigenvalue weighted by molar-refractivity contribution is 7.91. The first-order chi connectivity index (χ1) is 17.8. The molecule has 5 rings (SSSR count). The molecule has 0 radical (unpaired) electrons. The summed E-state index contributed by atoms with van der Waals surface area (Å²) in [7, 11) is -6.13. The van der Waals surface area contributed by atoms with Gasteiger partial charge in [-0.3, -0.25) is 4.79 Å². The Bertz CT molecular complexity index is 1230. The second kappa shape index (κ2) is 9.68. The van der Waals surface area contributed by atoms with Gasteiger partial charge in [0.2, 0.25) is 0 Å². The minimum atomic E-state index is -3.42. The SMILES string of the molecule is CC1(C)C2CCC1(CS(=O)(=O)C[C@@H]1C[C@@H](O[Si](c3ccccc3)(c3ccccc3)C(C)(C)C)CN1)C(=O)C2. The molecule has 1 N–H and O–H groups in total. The fourth-order valence-electron chi connectivity index (χ4n) is 7.79.